The molecule has 0 saturated carbocycles. The van der Waals surface area contributed by atoms with Crippen LogP contribution in [0.3, 0.4) is 0 Å². The van der Waals surface area contributed by atoms with Gasteiger partial charge in [-0.1, -0.05) is 18.2 Å². The van der Waals surface area contributed by atoms with Gasteiger partial charge in [0.05, 0.1) is 0 Å². The molecular weight excluding hydrogens is 260 g/mol. The van der Waals surface area contributed by atoms with E-state index in [4.69, 9.17) is 8.23 Å². The Bertz CT molecular complexity index is 428. The third-order valence-corrected chi connectivity index (χ3v) is 11.7. The highest BCUT2D eigenvalue weighted by Gasteiger charge is 2.40. The average Bonchev–Trinajstić information content (AvgIpc) is 2.55. The van der Waals surface area contributed by atoms with Gasteiger partial charge in [0.1, 0.15) is 0 Å². The van der Waals surface area contributed by atoms with Crippen LogP contribution in [0.15, 0.2) is 34.2 Å². The van der Waals surface area contributed by atoms with E-state index in [9.17, 15) is 0 Å². The van der Waals surface area contributed by atoms with Crippen molar-refractivity contribution in [1.82, 2.24) is 0 Å². The van der Waals surface area contributed by atoms with Gasteiger partial charge in [-0.3, -0.25) is 0 Å². The van der Waals surface area contributed by atoms with Gasteiger partial charge in [-0.25, -0.2) is 0 Å². The lowest BCUT2D eigenvalue weighted by molar-refractivity contribution is 0.407. The van der Waals surface area contributed by atoms with Crippen LogP contribution in [0, 0.1) is 0 Å². The van der Waals surface area contributed by atoms with Gasteiger partial charge >= 0.3 is 8.56 Å². The summed E-state index contributed by atoms with van der Waals surface area (Å²) in [5, 5.41) is 2.81. The van der Waals surface area contributed by atoms with Gasteiger partial charge in [-0.2, -0.15) is 0 Å². The summed E-state index contributed by atoms with van der Waals surface area (Å²) in [6.45, 7) is 13.2. The Balaban J connectivity index is 2.05. The summed E-state index contributed by atoms with van der Waals surface area (Å²) in [5.74, 6) is 0. The van der Waals surface area contributed by atoms with Gasteiger partial charge in [0, 0.05) is 0 Å². The summed E-state index contributed by atoms with van der Waals surface area (Å²) in [6, 6.07) is 0. The molecule has 0 atom stereocenters. The van der Waals surface area contributed by atoms with Gasteiger partial charge in [-0.15, -0.1) is 0 Å². The van der Waals surface area contributed by atoms with E-state index in [1.54, 1.807) is 0 Å². The molecule has 0 spiro atoms. The lowest BCUT2D eigenvalue weighted by Gasteiger charge is -2.33. The zero-order valence-corrected chi connectivity index (χ0v) is 14.5. The number of hydrogen-bond acceptors (Lipinski definition) is 2. The molecular formula is C12H21O2Si3. The predicted molar refractivity (Wildman–Crippen MR) is 78.7 cm³/mol. The van der Waals surface area contributed by atoms with E-state index in [0.29, 0.717) is 0 Å². The van der Waals surface area contributed by atoms with E-state index >= 15 is 0 Å². The van der Waals surface area contributed by atoms with E-state index in [1.807, 2.05) is 0 Å². The van der Waals surface area contributed by atoms with Crippen molar-refractivity contribution in [3.8, 4) is 0 Å². The van der Waals surface area contributed by atoms with Crippen molar-refractivity contribution in [3.63, 3.8) is 0 Å². The van der Waals surface area contributed by atoms with Gasteiger partial charge < -0.3 is 8.23 Å². The monoisotopic (exact) mass is 281 g/mol. The Hall–Kier alpha value is -0.209. The molecule has 2 bridgehead atoms. The van der Waals surface area contributed by atoms with Crippen LogP contribution in [0.25, 0.3) is 0 Å². The molecule has 0 saturated heterocycles. The molecule has 93 valence electrons. The second-order valence-corrected chi connectivity index (χ2v) is 16.5. The molecule has 17 heavy (non-hydrogen) atoms. The molecule has 2 rings (SSSR count). The Labute approximate surface area is 108 Å². The van der Waals surface area contributed by atoms with E-state index in [0.717, 1.165) is 0 Å². The topological polar surface area (TPSA) is 18.5 Å². The van der Waals surface area contributed by atoms with Crippen LogP contribution in [0.1, 0.15) is 6.92 Å². The van der Waals surface area contributed by atoms with Gasteiger partial charge in [0.25, 0.3) is 9.04 Å². The van der Waals surface area contributed by atoms with Gasteiger partial charge in [-0.05, 0) is 55.6 Å². The second kappa shape index (κ2) is 4.17. The van der Waals surface area contributed by atoms with E-state index < -0.39 is 25.9 Å². The average molecular weight is 282 g/mol. The van der Waals surface area contributed by atoms with Crippen molar-refractivity contribution in [2.45, 2.75) is 39.7 Å². The quantitative estimate of drug-likeness (QED) is 0.735. The van der Waals surface area contributed by atoms with E-state index in [1.165, 1.54) is 16.0 Å². The minimum absolute atomic E-state index is 0.945. The van der Waals surface area contributed by atoms with Crippen LogP contribution in [0.2, 0.25) is 32.7 Å². The molecule has 0 fully saturated rings. The maximum absolute atomic E-state index is 6.40. The van der Waals surface area contributed by atoms with Crippen LogP contribution in [0.5, 0.6) is 0 Å². The van der Waals surface area contributed by atoms with Crippen molar-refractivity contribution in [3.05, 3.63) is 34.2 Å². The van der Waals surface area contributed by atoms with E-state index in [-0.39, 0.29) is 0 Å². The number of allylic oxidation sites excluding steroid dienone is 6. The maximum Gasteiger partial charge on any atom is 0.311 e. The summed E-state index contributed by atoms with van der Waals surface area (Å²) in [4.78, 5) is 0. The number of rotatable bonds is 4. The summed E-state index contributed by atoms with van der Waals surface area (Å²) in [5.41, 5.74) is 1.38. The molecule has 0 aromatic heterocycles. The van der Waals surface area contributed by atoms with Crippen LogP contribution in [-0.4, -0.2) is 25.9 Å². The highest BCUT2D eigenvalue weighted by Crippen LogP contribution is 2.35. The molecule has 0 N–H and O–H groups in total. The molecule has 2 aliphatic rings. The Morgan fingerprint density at radius 1 is 1.06 bits per heavy atom. The first-order valence-electron chi connectivity index (χ1n) is 6.05. The Kier molecular flexibility index (Phi) is 3.24. The maximum atomic E-state index is 6.40. The smallest absolute Gasteiger partial charge is 0.311 e. The fourth-order valence-corrected chi connectivity index (χ4v) is 13.2. The van der Waals surface area contributed by atoms with Crippen molar-refractivity contribution < 1.29 is 8.23 Å². The summed E-state index contributed by atoms with van der Waals surface area (Å²) >= 11 is 0. The molecule has 0 aliphatic carbocycles. The zero-order chi connectivity index (χ0) is 12.8. The van der Waals surface area contributed by atoms with Crippen LogP contribution >= 0.6 is 0 Å². The molecule has 2 aliphatic heterocycles. The number of fused-ring (bicyclic) bond motifs is 2. The number of hydrogen-bond donors (Lipinski definition) is 0. The molecule has 0 aromatic carbocycles. The van der Waals surface area contributed by atoms with Gasteiger partial charge in [0.15, 0.2) is 8.32 Å². The SMILES string of the molecule is CC1=CC2=CC=C1[Si]2O[Si](C)(C)O[Si](C)(C)C. The molecule has 1 radical (unpaired) electrons. The lowest BCUT2D eigenvalue weighted by atomic mass is 10.2. The lowest BCUT2D eigenvalue weighted by Crippen LogP contribution is -2.48. The third kappa shape index (κ3) is 2.97. The Morgan fingerprint density at radius 3 is 2.12 bits per heavy atom. The van der Waals surface area contributed by atoms with Crippen LogP contribution in [0.4, 0.5) is 0 Å². The molecule has 0 amide bonds. The molecule has 2 nitrogen and oxygen atoms in total. The first-order chi connectivity index (χ1) is 7.68. The highest BCUT2D eigenvalue weighted by atomic mass is 28.5. The standard InChI is InChI=1S/C12H21O2Si3/c1-10-9-11-7-8-12(10)15(11)13-17(5,6)14-16(2,3)4/h7-9H,1-6H3. The predicted octanol–water partition coefficient (Wildman–Crippen LogP) is 3.45. The van der Waals surface area contributed by atoms with E-state index in [2.05, 4.69) is 57.9 Å². The molecule has 0 unspecified atom stereocenters. The minimum Gasteiger partial charge on any atom is -0.437 e. The fourth-order valence-electron chi connectivity index (χ4n) is 2.33. The Morgan fingerprint density at radius 2 is 1.71 bits per heavy atom. The van der Waals surface area contributed by atoms with Crippen LogP contribution < -0.4 is 0 Å². The van der Waals surface area contributed by atoms with Crippen molar-refractivity contribution >= 4 is 25.9 Å². The summed E-state index contributed by atoms with van der Waals surface area (Å²) < 4.78 is 12.6. The zero-order valence-electron chi connectivity index (χ0n) is 11.5. The summed E-state index contributed by atoms with van der Waals surface area (Å²) in [6.07, 6.45) is 6.69. The first-order valence-corrected chi connectivity index (χ1v) is 13.7. The van der Waals surface area contributed by atoms with Gasteiger partial charge in [0.2, 0.25) is 0 Å². The minimum atomic E-state index is -1.98. The van der Waals surface area contributed by atoms with Crippen LogP contribution in [-0.2, 0) is 8.23 Å². The fraction of sp³-hybridized carbons (Fsp3) is 0.500. The summed E-state index contributed by atoms with van der Waals surface area (Å²) in [7, 11) is -4.44. The first kappa shape index (κ1) is 13.2. The van der Waals surface area contributed by atoms with Crippen molar-refractivity contribution in [1.29, 1.82) is 0 Å². The molecule has 2 heterocycles. The molecule has 5 heteroatoms. The largest absolute Gasteiger partial charge is 0.437 e. The van der Waals surface area contributed by atoms with Crippen molar-refractivity contribution in [2.75, 3.05) is 0 Å². The molecule has 0 aromatic rings. The third-order valence-electron chi connectivity index (χ3n) is 2.63. The second-order valence-electron chi connectivity index (χ2n) is 6.08. The highest BCUT2D eigenvalue weighted by molar-refractivity contribution is 6.87. The van der Waals surface area contributed by atoms with Crippen molar-refractivity contribution in [2.24, 2.45) is 0 Å². The normalized spacial score (nSPS) is 20.5.